The topological polar surface area (TPSA) is 31.4 Å². The molecule has 0 fully saturated rings. The van der Waals surface area contributed by atoms with Crippen LogP contribution in [0.25, 0.3) is 0 Å². The molecule has 0 unspecified atom stereocenters. The van der Waals surface area contributed by atoms with Crippen LogP contribution in [-0.2, 0) is 4.74 Å². The summed E-state index contributed by atoms with van der Waals surface area (Å²) in [5, 5.41) is 0. The summed E-state index contributed by atoms with van der Waals surface area (Å²) in [5.74, 6) is 0.846. The van der Waals surface area contributed by atoms with Crippen molar-refractivity contribution in [2.75, 3.05) is 13.4 Å². The molecular formula is C23H45NO2SiSn. The van der Waals surface area contributed by atoms with Crippen molar-refractivity contribution in [3.8, 4) is 5.75 Å². The quantitative estimate of drug-likeness (QED) is 0.138. The summed E-state index contributed by atoms with van der Waals surface area (Å²) < 4.78 is 17.3. The average Bonchev–Trinajstić information content (AvgIpc) is 2.67. The maximum atomic E-state index is 5.79. The van der Waals surface area contributed by atoms with E-state index in [-0.39, 0.29) is 0 Å². The number of aromatic nitrogens is 1. The van der Waals surface area contributed by atoms with Gasteiger partial charge < -0.3 is 0 Å². The van der Waals surface area contributed by atoms with Gasteiger partial charge in [-0.1, -0.05) is 0 Å². The minimum atomic E-state index is -2.41. The number of rotatable bonds is 16. The Morgan fingerprint density at radius 3 is 1.89 bits per heavy atom. The van der Waals surface area contributed by atoms with Gasteiger partial charge in [-0.25, -0.2) is 0 Å². The molecule has 0 bridgehead atoms. The van der Waals surface area contributed by atoms with Gasteiger partial charge in [-0.3, -0.25) is 0 Å². The molecule has 0 aliphatic rings. The van der Waals surface area contributed by atoms with E-state index in [0.29, 0.717) is 6.79 Å². The molecule has 0 aliphatic heterocycles. The van der Waals surface area contributed by atoms with Gasteiger partial charge in [-0.2, -0.15) is 0 Å². The molecule has 0 aromatic carbocycles. The van der Waals surface area contributed by atoms with E-state index in [2.05, 4.69) is 52.5 Å². The summed E-state index contributed by atoms with van der Waals surface area (Å²) in [6.07, 6.45) is 9.95. The van der Waals surface area contributed by atoms with Gasteiger partial charge in [0, 0.05) is 0 Å². The van der Waals surface area contributed by atoms with E-state index in [1.165, 1.54) is 61.6 Å². The molecule has 28 heavy (non-hydrogen) atoms. The van der Waals surface area contributed by atoms with Crippen molar-refractivity contribution in [3.05, 3.63) is 18.3 Å². The molecule has 0 saturated carbocycles. The zero-order chi connectivity index (χ0) is 20.9. The van der Waals surface area contributed by atoms with Crippen molar-refractivity contribution < 1.29 is 9.47 Å². The van der Waals surface area contributed by atoms with Crippen LogP contribution in [0.15, 0.2) is 18.3 Å². The van der Waals surface area contributed by atoms with Crippen molar-refractivity contribution in [2.45, 2.75) is 98.3 Å². The fraction of sp³-hybridized carbons (Fsp3) is 0.783. The summed E-state index contributed by atoms with van der Waals surface area (Å²) in [6.45, 7) is 15.2. The van der Waals surface area contributed by atoms with E-state index in [1.807, 2.05) is 6.20 Å². The molecule has 1 rings (SSSR count). The van der Waals surface area contributed by atoms with Crippen molar-refractivity contribution >= 4 is 30.2 Å². The molecule has 0 aliphatic carbocycles. The van der Waals surface area contributed by atoms with Crippen LogP contribution in [0.1, 0.15) is 59.3 Å². The van der Waals surface area contributed by atoms with Crippen LogP contribution in [0.3, 0.4) is 0 Å². The SMILES string of the molecule is CCC[CH2][Sn]([CH2]CCC)([CH2]CCC)[c]1ccc(OCOCC[Si](C)(C)C)cn1. The van der Waals surface area contributed by atoms with Gasteiger partial charge in [0.2, 0.25) is 0 Å². The van der Waals surface area contributed by atoms with E-state index in [9.17, 15) is 0 Å². The van der Waals surface area contributed by atoms with Gasteiger partial charge in [-0.05, 0) is 0 Å². The van der Waals surface area contributed by atoms with E-state index in [1.54, 1.807) is 0 Å². The predicted octanol–water partition coefficient (Wildman–Crippen LogP) is 6.83. The summed E-state index contributed by atoms with van der Waals surface area (Å²) in [6, 6.07) is 5.62. The Kier molecular flexibility index (Phi) is 13.0. The summed E-state index contributed by atoms with van der Waals surface area (Å²) >= 11 is -2.41. The molecule has 0 saturated heterocycles. The number of ether oxygens (including phenoxy) is 2. The molecule has 5 heteroatoms. The van der Waals surface area contributed by atoms with E-state index < -0.39 is 26.5 Å². The Labute approximate surface area is 179 Å². The van der Waals surface area contributed by atoms with Crippen LogP contribution in [0.4, 0.5) is 0 Å². The number of unbranched alkanes of at least 4 members (excludes halogenated alkanes) is 3. The number of hydrogen-bond donors (Lipinski definition) is 0. The number of pyridine rings is 1. The third-order valence-corrected chi connectivity index (χ3v) is 22.5. The standard InChI is InChI=1S/C11H18NO2Si.3C4H9.Sn/c1-15(2,3)8-7-13-10-14-11-5-4-6-12-9-11;3*1-3-4-2;/h4-5,9H,7-8,10H2,1-3H3;3*1,3-4H2,2H3;. The van der Waals surface area contributed by atoms with Gasteiger partial charge in [-0.15, -0.1) is 0 Å². The number of hydrogen-bond acceptors (Lipinski definition) is 3. The second-order valence-electron chi connectivity index (χ2n) is 9.45. The van der Waals surface area contributed by atoms with E-state index >= 15 is 0 Å². The van der Waals surface area contributed by atoms with Crippen LogP contribution in [0.2, 0.25) is 39.0 Å². The first kappa shape index (κ1) is 26.0. The zero-order valence-electron chi connectivity index (χ0n) is 19.5. The monoisotopic (exact) mass is 515 g/mol. The van der Waals surface area contributed by atoms with Crippen LogP contribution in [0.5, 0.6) is 5.75 Å². The van der Waals surface area contributed by atoms with Crippen LogP contribution < -0.4 is 8.45 Å². The Bertz CT molecular complexity index is 495. The van der Waals surface area contributed by atoms with Crippen LogP contribution >= 0.6 is 0 Å². The van der Waals surface area contributed by atoms with Crippen LogP contribution in [0, 0.1) is 0 Å². The second kappa shape index (κ2) is 14.0. The third kappa shape index (κ3) is 10.1. The van der Waals surface area contributed by atoms with Crippen molar-refractivity contribution in [1.29, 1.82) is 0 Å². The third-order valence-electron chi connectivity index (χ3n) is 5.61. The molecule has 1 aromatic rings. The Hall–Kier alpha value is -0.0744. The Morgan fingerprint density at radius 2 is 1.46 bits per heavy atom. The molecule has 0 amide bonds. The van der Waals surface area contributed by atoms with Crippen molar-refractivity contribution in [3.63, 3.8) is 0 Å². The maximum absolute atomic E-state index is 5.79. The van der Waals surface area contributed by atoms with Gasteiger partial charge >= 0.3 is 180 Å². The first-order chi connectivity index (χ1) is 13.4. The molecule has 1 aromatic heterocycles. The molecule has 0 N–H and O–H groups in total. The zero-order valence-corrected chi connectivity index (χ0v) is 23.3. The molecule has 0 radical (unpaired) electrons. The molecule has 3 nitrogen and oxygen atoms in total. The fourth-order valence-corrected chi connectivity index (χ4v) is 19.8. The van der Waals surface area contributed by atoms with Gasteiger partial charge in [0.25, 0.3) is 0 Å². The second-order valence-corrected chi connectivity index (χ2v) is 28.1. The Morgan fingerprint density at radius 1 is 0.893 bits per heavy atom. The summed E-state index contributed by atoms with van der Waals surface area (Å²) in [5.41, 5.74) is 0. The first-order valence-corrected chi connectivity index (χ1v) is 22.7. The van der Waals surface area contributed by atoms with E-state index in [0.717, 1.165) is 12.4 Å². The molecule has 0 atom stereocenters. The van der Waals surface area contributed by atoms with Crippen molar-refractivity contribution in [1.82, 2.24) is 4.98 Å². The normalized spacial score (nSPS) is 12.4. The molecule has 162 valence electrons. The van der Waals surface area contributed by atoms with Gasteiger partial charge in [0.05, 0.1) is 0 Å². The predicted molar refractivity (Wildman–Crippen MR) is 128 cm³/mol. The van der Waals surface area contributed by atoms with E-state index in [4.69, 9.17) is 14.5 Å². The fourth-order valence-electron chi connectivity index (χ4n) is 3.63. The molecule has 1 heterocycles. The average molecular weight is 514 g/mol. The summed E-state index contributed by atoms with van der Waals surface area (Å²) in [7, 11) is -1.03. The first-order valence-electron chi connectivity index (χ1n) is 11.5. The summed E-state index contributed by atoms with van der Waals surface area (Å²) in [4.78, 5) is 4.97. The van der Waals surface area contributed by atoms with Gasteiger partial charge in [0.1, 0.15) is 0 Å². The number of nitrogens with zero attached hydrogens (tertiary/aromatic N) is 1. The van der Waals surface area contributed by atoms with Crippen LogP contribution in [-0.4, -0.2) is 44.8 Å². The van der Waals surface area contributed by atoms with Gasteiger partial charge in [0.15, 0.2) is 0 Å². The molecule has 0 spiro atoms. The van der Waals surface area contributed by atoms with Crippen molar-refractivity contribution in [2.24, 2.45) is 0 Å². The Balaban J connectivity index is 2.74. The minimum absolute atomic E-state index is 0.335. The molecular weight excluding hydrogens is 469 g/mol.